The predicted octanol–water partition coefficient (Wildman–Crippen LogP) is 2.04. The van der Waals surface area contributed by atoms with Crippen molar-refractivity contribution in [2.24, 2.45) is 0 Å². The average molecular weight is 202 g/mol. The first-order chi connectivity index (χ1) is 7.19. The highest BCUT2D eigenvalue weighted by Gasteiger charge is 2.03. The lowest BCUT2D eigenvalue weighted by molar-refractivity contribution is 0.652. The maximum atomic E-state index is 5.26. The van der Waals surface area contributed by atoms with Crippen LogP contribution in [-0.4, -0.2) is 20.6 Å². The molecule has 1 unspecified atom stereocenters. The van der Waals surface area contributed by atoms with Gasteiger partial charge in [-0.05, 0) is 31.7 Å². The van der Waals surface area contributed by atoms with Gasteiger partial charge in [0.2, 0.25) is 0 Å². The minimum atomic E-state index is 0.386. The van der Waals surface area contributed by atoms with Crippen LogP contribution in [0.15, 0.2) is 24.3 Å². The monoisotopic (exact) mass is 202 g/mol. The van der Waals surface area contributed by atoms with Gasteiger partial charge in [-0.2, -0.15) is 0 Å². The van der Waals surface area contributed by atoms with Crippen LogP contribution in [0.25, 0.3) is 0 Å². The fourth-order valence-electron chi connectivity index (χ4n) is 1.41. The molecule has 0 radical (unpaired) electrons. The molecule has 1 rings (SSSR count). The average Bonchev–Trinajstić information content (AvgIpc) is 2.28. The summed E-state index contributed by atoms with van der Waals surface area (Å²) >= 11 is 0. The van der Waals surface area contributed by atoms with Gasteiger partial charge in [0.1, 0.15) is 0 Å². The molecule has 0 aliphatic heterocycles. The van der Waals surface area contributed by atoms with Crippen molar-refractivity contribution in [3.05, 3.63) is 29.8 Å². The zero-order valence-electron chi connectivity index (χ0n) is 9.62. The number of rotatable bonds is 4. The van der Waals surface area contributed by atoms with Crippen molar-refractivity contribution < 1.29 is 0 Å². The smallest absolute Gasteiger partial charge is 0.0788 e. The molecule has 0 amide bonds. The highest BCUT2D eigenvalue weighted by atomic mass is 15.1. The molecule has 80 valence electrons. The summed E-state index contributed by atoms with van der Waals surface area (Å²) in [4.78, 5) is 2.05. The summed E-state index contributed by atoms with van der Waals surface area (Å²) in [5.41, 5.74) is 2.44. The van der Waals surface area contributed by atoms with Gasteiger partial charge >= 0.3 is 0 Å². The van der Waals surface area contributed by atoms with Gasteiger partial charge in [-0.1, -0.05) is 18.1 Å². The Labute approximate surface area is 92.3 Å². The van der Waals surface area contributed by atoms with Crippen LogP contribution >= 0.6 is 0 Å². The van der Waals surface area contributed by atoms with Gasteiger partial charge in [-0.15, -0.1) is 6.42 Å². The third kappa shape index (κ3) is 3.00. The van der Waals surface area contributed by atoms with E-state index in [2.05, 4.69) is 42.4 Å². The number of terminal acetylenes is 1. The normalized spacial score (nSPS) is 11.9. The Balaban J connectivity index is 2.77. The van der Waals surface area contributed by atoms with Gasteiger partial charge in [0.25, 0.3) is 0 Å². The van der Waals surface area contributed by atoms with Gasteiger partial charge < -0.3 is 10.2 Å². The fourth-order valence-corrected chi connectivity index (χ4v) is 1.41. The summed E-state index contributed by atoms with van der Waals surface area (Å²) in [6.45, 7) is 2.78. The largest absolute Gasteiger partial charge is 0.363 e. The number of hydrogen-bond acceptors (Lipinski definition) is 2. The Kier molecular flexibility index (Phi) is 4.20. The fraction of sp³-hybridized carbons (Fsp3) is 0.385. The highest BCUT2D eigenvalue weighted by Crippen LogP contribution is 2.17. The second kappa shape index (κ2) is 5.43. The third-order valence-corrected chi connectivity index (χ3v) is 2.60. The molecule has 15 heavy (non-hydrogen) atoms. The molecule has 0 heterocycles. The molecule has 0 aromatic heterocycles. The van der Waals surface area contributed by atoms with Gasteiger partial charge in [-0.25, -0.2) is 0 Å². The Hall–Kier alpha value is -1.46. The summed E-state index contributed by atoms with van der Waals surface area (Å²) in [6, 6.07) is 8.84. The molecule has 1 N–H and O–H groups in total. The first-order valence-electron chi connectivity index (χ1n) is 5.11. The van der Waals surface area contributed by atoms with Crippen molar-refractivity contribution in [2.45, 2.75) is 13.0 Å². The molecular formula is C13H18N2. The van der Waals surface area contributed by atoms with Crippen molar-refractivity contribution in [3.8, 4) is 12.3 Å². The van der Waals surface area contributed by atoms with Crippen LogP contribution < -0.4 is 10.2 Å². The lowest BCUT2D eigenvalue weighted by Crippen LogP contribution is -2.17. The lowest BCUT2D eigenvalue weighted by atomic mass is 10.1. The molecule has 0 aliphatic rings. The second-order valence-corrected chi connectivity index (χ2v) is 3.66. The molecule has 0 bridgehead atoms. The number of anilines is 1. The third-order valence-electron chi connectivity index (χ3n) is 2.60. The summed E-state index contributed by atoms with van der Waals surface area (Å²) in [5.74, 6) is 2.63. The molecule has 1 aromatic carbocycles. The van der Waals surface area contributed by atoms with Crippen molar-refractivity contribution in [2.75, 3.05) is 25.5 Å². The lowest BCUT2D eigenvalue weighted by Gasteiger charge is -2.17. The second-order valence-electron chi connectivity index (χ2n) is 3.66. The van der Waals surface area contributed by atoms with E-state index in [-0.39, 0.29) is 0 Å². The van der Waals surface area contributed by atoms with Crippen LogP contribution in [0.1, 0.15) is 18.5 Å². The van der Waals surface area contributed by atoms with Crippen molar-refractivity contribution >= 4 is 5.69 Å². The number of nitrogens with zero attached hydrogens (tertiary/aromatic N) is 1. The van der Waals surface area contributed by atoms with Crippen molar-refractivity contribution in [1.82, 2.24) is 5.32 Å². The summed E-state index contributed by atoms with van der Waals surface area (Å²) in [5, 5.41) is 3.21. The molecule has 0 fully saturated rings. The molecule has 0 aliphatic carbocycles. The molecular weight excluding hydrogens is 184 g/mol. The molecule has 2 nitrogen and oxygen atoms in total. The quantitative estimate of drug-likeness (QED) is 0.752. The maximum Gasteiger partial charge on any atom is 0.0788 e. The minimum Gasteiger partial charge on any atom is -0.363 e. The minimum absolute atomic E-state index is 0.386. The van der Waals surface area contributed by atoms with Crippen LogP contribution in [0.3, 0.4) is 0 Å². The standard InChI is InChI=1S/C13H18N2/c1-5-10-15(4)13-8-6-12(7-9-13)11(2)14-3/h1,6-9,11,14H,10H2,2-4H3. The first kappa shape index (κ1) is 11.6. The molecule has 0 saturated carbocycles. The van der Waals surface area contributed by atoms with E-state index in [1.807, 2.05) is 19.0 Å². The Bertz CT molecular complexity index is 335. The Morgan fingerprint density at radius 1 is 1.40 bits per heavy atom. The highest BCUT2D eigenvalue weighted by molar-refractivity contribution is 5.48. The first-order valence-corrected chi connectivity index (χ1v) is 5.11. The van der Waals surface area contributed by atoms with Gasteiger partial charge in [0, 0.05) is 18.8 Å². The van der Waals surface area contributed by atoms with Gasteiger partial charge in [0.15, 0.2) is 0 Å². The summed E-state index contributed by atoms with van der Waals surface area (Å²) in [7, 11) is 3.96. The predicted molar refractivity (Wildman–Crippen MR) is 66.0 cm³/mol. The number of hydrogen-bond donors (Lipinski definition) is 1. The number of benzene rings is 1. The number of nitrogens with one attached hydrogen (secondary N) is 1. The van der Waals surface area contributed by atoms with E-state index in [9.17, 15) is 0 Å². The molecule has 2 heteroatoms. The van der Waals surface area contributed by atoms with Crippen LogP contribution in [-0.2, 0) is 0 Å². The van der Waals surface area contributed by atoms with E-state index in [4.69, 9.17) is 6.42 Å². The van der Waals surface area contributed by atoms with Gasteiger partial charge in [0.05, 0.1) is 6.54 Å². The van der Waals surface area contributed by atoms with E-state index >= 15 is 0 Å². The maximum absolute atomic E-state index is 5.26. The summed E-state index contributed by atoms with van der Waals surface area (Å²) in [6.07, 6.45) is 5.26. The van der Waals surface area contributed by atoms with E-state index < -0.39 is 0 Å². The summed E-state index contributed by atoms with van der Waals surface area (Å²) < 4.78 is 0. The zero-order chi connectivity index (χ0) is 11.3. The van der Waals surface area contributed by atoms with Crippen molar-refractivity contribution in [1.29, 1.82) is 0 Å². The SMILES string of the molecule is C#CCN(C)c1ccc(C(C)NC)cc1. The van der Waals surface area contributed by atoms with Crippen LogP contribution in [0.2, 0.25) is 0 Å². The van der Waals surface area contributed by atoms with Gasteiger partial charge in [-0.3, -0.25) is 0 Å². The topological polar surface area (TPSA) is 15.3 Å². The van der Waals surface area contributed by atoms with E-state index in [0.717, 1.165) is 5.69 Å². The van der Waals surface area contributed by atoms with Crippen LogP contribution in [0, 0.1) is 12.3 Å². The molecule has 0 spiro atoms. The Morgan fingerprint density at radius 2 is 2.00 bits per heavy atom. The van der Waals surface area contributed by atoms with E-state index in [1.165, 1.54) is 5.56 Å². The van der Waals surface area contributed by atoms with Crippen molar-refractivity contribution in [3.63, 3.8) is 0 Å². The van der Waals surface area contributed by atoms with Crippen LogP contribution in [0.5, 0.6) is 0 Å². The molecule has 0 saturated heterocycles. The molecule has 1 atom stereocenters. The molecule has 1 aromatic rings. The van der Waals surface area contributed by atoms with E-state index in [1.54, 1.807) is 0 Å². The van der Waals surface area contributed by atoms with Crippen LogP contribution in [0.4, 0.5) is 5.69 Å². The van der Waals surface area contributed by atoms with E-state index in [0.29, 0.717) is 12.6 Å². The Morgan fingerprint density at radius 3 is 2.47 bits per heavy atom. The zero-order valence-corrected chi connectivity index (χ0v) is 9.62.